The number of hydrogen-bond donors (Lipinski definition) is 0. The molecule has 7 atom stereocenters. The molecule has 0 N–H and O–H groups in total. The van der Waals surface area contributed by atoms with Gasteiger partial charge in [0.1, 0.15) is 11.9 Å². The highest BCUT2D eigenvalue weighted by molar-refractivity contribution is 5.69. The number of hydrogen-bond acceptors (Lipinski definition) is 4. The molecule has 1 aromatic carbocycles. The zero-order valence-electron chi connectivity index (χ0n) is 17.7. The Bertz CT molecular complexity index is 800. The molecule has 152 valence electrons. The van der Waals surface area contributed by atoms with E-state index in [9.17, 15) is 9.59 Å². The number of carbonyl (C=O) groups excluding carboxylic acids is 2. The Balaban J connectivity index is 1.65. The topological polar surface area (TPSA) is 52.6 Å². The van der Waals surface area contributed by atoms with Crippen LogP contribution in [0.15, 0.2) is 18.2 Å². The van der Waals surface area contributed by atoms with Gasteiger partial charge in [0, 0.05) is 19.3 Å². The molecule has 0 saturated heterocycles. The van der Waals surface area contributed by atoms with Crippen LogP contribution in [0.4, 0.5) is 0 Å². The molecule has 4 nitrogen and oxygen atoms in total. The van der Waals surface area contributed by atoms with E-state index in [0.29, 0.717) is 35.3 Å². The smallest absolute Gasteiger partial charge is 0.308 e. The van der Waals surface area contributed by atoms with Crippen LogP contribution >= 0.6 is 0 Å². The molecule has 0 spiro atoms. The van der Waals surface area contributed by atoms with Gasteiger partial charge in [-0.15, -0.1) is 0 Å². The monoisotopic (exact) mass is 384 g/mol. The second-order valence-electron chi connectivity index (χ2n) is 9.58. The third-order valence-corrected chi connectivity index (χ3v) is 8.07. The fourth-order valence-electron chi connectivity index (χ4n) is 7.01. The zero-order valence-corrected chi connectivity index (χ0v) is 17.7. The molecule has 3 aliphatic rings. The molecule has 0 aliphatic heterocycles. The normalized spacial score (nSPS) is 38.8. The summed E-state index contributed by atoms with van der Waals surface area (Å²) in [4.78, 5) is 23.1. The molecule has 0 amide bonds. The standard InChI is InChI=1S/C24H32O4/c1-13-14(2)23(28-16(4)26)24(5)11-10-20-19-9-7-18(27-15(3)25)12-17(19)6-8-21(20)22(13)24/h7,9,12-14,20-23H,6,8,10-11H2,1-5H3/t13?,14?,20?,21?,22?,23-,24-/m0/s1. The van der Waals surface area contributed by atoms with Crippen LogP contribution in [0, 0.1) is 29.1 Å². The molecule has 3 aliphatic carbocycles. The Hall–Kier alpha value is -1.84. The minimum atomic E-state index is -0.271. The number of benzene rings is 1. The third-order valence-electron chi connectivity index (χ3n) is 8.07. The fraction of sp³-hybridized carbons (Fsp3) is 0.667. The summed E-state index contributed by atoms with van der Waals surface area (Å²) in [6.45, 7) is 9.97. The largest absolute Gasteiger partial charge is 0.462 e. The van der Waals surface area contributed by atoms with Crippen molar-refractivity contribution in [1.82, 2.24) is 0 Å². The number of carbonyl (C=O) groups is 2. The molecule has 0 bridgehead atoms. The van der Waals surface area contributed by atoms with Gasteiger partial charge in [-0.2, -0.15) is 0 Å². The minimum absolute atomic E-state index is 0.0266. The van der Waals surface area contributed by atoms with Crippen molar-refractivity contribution >= 4 is 11.9 Å². The van der Waals surface area contributed by atoms with E-state index in [2.05, 4.69) is 32.9 Å². The van der Waals surface area contributed by atoms with Crippen molar-refractivity contribution in [2.24, 2.45) is 29.1 Å². The van der Waals surface area contributed by atoms with E-state index in [-0.39, 0.29) is 23.5 Å². The van der Waals surface area contributed by atoms with Crippen LogP contribution in [0.3, 0.4) is 0 Å². The molecule has 2 saturated carbocycles. The average molecular weight is 385 g/mol. The maximum absolute atomic E-state index is 11.8. The first kappa shape index (κ1) is 19.5. The molecule has 2 fully saturated rings. The second-order valence-corrected chi connectivity index (χ2v) is 9.58. The molecule has 0 radical (unpaired) electrons. The first-order valence-corrected chi connectivity index (χ1v) is 10.7. The van der Waals surface area contributed by atoms with Gasteiger partial charge in [-0.05, 0) is 78.5 Å². The predicted molar refractivity (Wildman–Crippen MR) is 107 cm³/mol. The lowest BCUT2D eigenvalue weighted by atomic mass is 9.54. The van der Waals surface area contributed by atoms with E-state index >= 15 is 0 Å². The van der Waals surface area contributed by atoms with Crippen LogP contribution in [0.1, 0.15) is 70.9 Å². The molecule has 0 aromatic heterocycles. The number of rotatable bonds is 2. The van der Waals surface area contributed by atoms with Gasteiger partial charge in [0.05, 0.1) is 0 Å². The zero-order chi connectivity index (χ0) is 20.2. The molecular weight excluding hydrogens is 352 g/mol. The Morgan fingerprint density at radius 3 is 2.50 bits per heavy atom. The molecule has 4 heteroatoms. The van der Waals surface area contributed by atoms with Crippen LogP contribution < -0.4 is 4.74 Å². The first-order chi connectivity index (χ1) is 13.2. The summed E-state index contributed by atoms with van der Waals surface area (Å²) < 4.78 is 11.2. The summed E-state index contributed by atoms with van der Waals surface area (Å²) in [5, 5.41) is 0. The Morgan fingerprint density at radius 1 is 1.07 bits per heavy atom. The lowest BCUT2D eigenvalue weighted by Gasteiger charge is -2.51. The van der Waals surface area contributed by atoms with Crippen LogP contribution in [0.5, 0.6) is 5.75 Å². The highest BCUT2D eigenvalue weighted by atomic mass is 16.5. The van der Waals surface area contributed by atoms with Gasteiger partial charge in [0.2, 0.25) is 0 Å². The van der Waals surface area contributed by atoms with Crippen LogP contribution in [-0.2, 0) is 20.7 Å². The molecule has 1 aromatic rings. The maximum Gasteiger partial charge on any atom is 0.308 e. The Morgan fingerprint density at radius 2 is 1.82 bits per heavy atom. The van der Waals surface area contributed by atoms with Crippen molar-refractivity contribution in [3.05, 3.63) is 29.3 Å². The van der Waals surface area contributed by atoms with E-state index < -0.39 is 0 Å². The van der Waals surface area contributed by atoms with Crippen molar-refractivity contribution in [2.75, 3.05) is 0 Å². The van der Waals surface area contributed by atoms with Crippen molar-refractivity contribution in [3.63, 3.8) is 0 Å². The van der Waals surface area contributed by atoms with Gasteiger partial charge in [0.25, 0.3) is 0 Å². The van der Waals surface area contributed by atoms with Crippen molar-refractivity contribution < 1.29 is 19.1 Å². The average Bonchev–Trinajstić information content (AvgIpc) is 2.81. The summed E-state index contributed by atoms with van der Waals surface area (Å²) >= 11 is 0. The van der Waals surface area contributed by atoms with E-state index in [0.717, 1.165) is 25.7 Å². The predicted octanol–water partition coefficient (Wildman–Crippen LogP) is 4.89. The number of esters is 2. The first-order valence-electron chi connectivity index (χ1n) is 10.7. The van der Waals surface area contributed by atoms with E-state index in [1.54, 1.807) is 0 Å². The molecule has 28 heavy (non-hydrogen) atoms. The van der Waals surface area contributed by atoms with Crippen molar-refractivity contribution in [3.8, 4) is 5.75 Å². The van der Waals surface area contributed by atoms with Gasteiger partial charge >= 0.3 is 11.9 Å². The van der Waals surface area contributed by atoms with E-state index in [1.165, 1.54) is 25.0 Å². The summed E-state index contributed by atoms with van der Waals surface area (Å²) in [7, 11) is 0. The summed E-state index contributed by atoms with van der Waals surface area (Å²) in [6, 6.07) is 6.18. The molecule has 5 unspecified atom stereocenters. The molecular formula is C24H32O4. The molecule has 4 rings (SSSR count). The van der Waals surface area contributed by atoms with E-state index in [1.807, 2.05) is 6.07 Å². The highest BCUT2D eigenvalue weighted by Gasteiger charge is 2.61. The van der Waals surface area contributed by atoms with Crippen molar-refractivity contribution in [2.45, 2.75) is 72.3 Å². The lowest BCUT2D eigenvalue weighted by molar-refractivity contribution is -0.157. The van der Waals surface area contributed by atoms with Gasteiger partial charge in [0.15, 0.2) is 0 Å². The summed E-state index contributed by atoms with van der Waals surface area (Å²) in [6.07, 6.45) is 4.44. The van der Waals surface area contributed by atoms with Crippen LogP contribution in [-0.4, -0.2) is 18.0 Å². The lowest BCUT2D eigenvalue weighted by Crippen LogP contribution is -2.46. The Kier molecular flexibility index (Phi) is 4.79. The van der Waals surface area contributed by atoms with Crippen molar-refractivity contribution in [1.29, 1.82) is 0 Å². The summed E-state index contributed by atoms with van der Waals surface area (Å²) in [5.41, 5.74) is 2.84. The van der Waals surface area contributed by atoms with Crippen LogP contribution in [0.25, 0.3) is 0 Å². The maximum atomic E-state index is 11.8. The number of aryl methyl sites for hydroxylation is 1. The Labute approximate surface area is 168 Å². The summed E-state index contributed by atoms with van der Waals surface area (Å²) in [5.74, 6) is 2.93. The highest BCUT2D eigenvalue weighted by Crippen LogP contribution is 2.64. The van der Waals surface area contributed by atoms with Gasteiger partial charge in [-0.1, -0.05) is 26.8 Å². The minimum Gasteiger partial charge on any atom is -0.462 e. The van der Waals surface area contributed by atoms with Crippen LogP contribution in [0.2, 0.25) is 0 Å². The SMILES string of the molecule is CC(=O)Oc1ccc2c(c1)CCC1C2CC[C@@]2(C)C1C(C)C(C)[C@@H]2OC(C)=O. The molecule has 0 heterocycles. The van der Waals surface area contributed by atoms with Gasteiger partial charge in [-0.3, -0.25) is 9.59 Å². The van der Waals surface area contributed by atoms with Gasteiger partial charge in [-0.25, -0.2) is 0 Å². The number of ether oxygens (including phenoxy) is 2. The quantitative estimate of drug-likeness (QED) is 0.538. The third kappa shape index (κ3) is 2.96. The fourth-order valence-corrected chi connectivity index (χ4v) is 7.01. The van der Waals surface area contributed by atoms with Gasteiger partial charge < -0.3 is 9.47 Å². The second kappa shape index (κ2) is 6.89. The number of fused-ring (bicyclic) bond motifs is 5. The van der Waals surface area contributed by atoms with E-state index in [4.69, 9.17) is 9.47 Å².